The average molecular weight is 735 g/mol. The molecule has 48 heavy (non-hydrogen) atoms. The van der Waals surface area contributed by atoms with Gasteiger partial charge in [0.2, 0.25) is 0 Å². The highest BCUT2D eigenvalue weighted by Gasteiger charge is 2.18. The van der Waals surface area contributed by atoms with E-state index in [9.17, 15) is 0 Å². The number of rotatable bonds is 13. The van der Waals surface area contributed by atoms with Crippen LogP contribution in [-0.4, -0.2) is 58.0 Å². The van der Waals surface area contributed by atoms with Gasteiger partial charge in [0.25, 0.3) is 0 Å². The van der Waals surface area contributed by atoms with Gasteiger partial charge < -0.3 is 32.1 Å². The van der Waals surface area contributed by atoms with Gasteiger partial charge in [0.05, 0.1) is 46.6 Å². The molecule has 0 spiro atoms. The monoisotopic (exact) mass is 733 g/mol. The fourth-order valence-corrected chi connectivity index (χ4v) is 5.73. The minimum absolute atomic E-state index is 0.222. The number of anilines is 4. The van der Waals surface area contributed by atoms with Gasteiger partial charge in [-0.2, -0.15) is 10.2 Å². The van der Waals surface area contributed by atoms with Crippen LogP contribution in [0.1, 0.15) is 64.1 Å². The summed E-state index contributed by atoms with van der Waals surface area (Å²) < 4.78 is 4.27. The maximum Gasteiger partial charge on any atom is 0.141 e. The number of thiazole rings is 1. The average Bonchev–Trinajstić information content (AvgIpc) is 3.79. The van der Waals surface area contributed by atoms with E-state index in [1.54, 1.807) is 29.4 Å². The van der Waals surface area contributed by atoms with E-state index in [1.807, 2.05) is 56.4 Å². The number of nitrogens with one attached hydrogen (secondary N) is 6. The quantitative estimate of drug-likeness (QED) is 0.0543. The van der Waals surface area contributed by atoms with Gasteiger partial charge in [-0.3, -0.25) is 9.36 Å². The standard InChI is InChI=1S/C18H23N7S.C15H21BrN6/c1-11(2)23-17-14(21-8-13-9-22-25(4)10-13)7-15(18-20-5-6-26-18)24-16(17)12(3)19;1-9(2)20-15-12(5-13(16)21-14(15)10(3)17)18-6-11-7-19-22(4)8-11/h5-7,9-11,19,23H,8H2,1-4H3,(H,21,24);5,7-9,17,20H,6H2,1-4H3,(H,18,21). The highest BCUT2D eigenvalue weighted by atomic mass is 79.9. The Morgan fingerprint density at radius 3 is 1.73 bits per heavy atom. The van der Waals surface area contributed by atoms with Crippen molar-refractivity contribution in [3.8, 4) is 10.7 Å². The van der Waals surface area contributed by atoms with Crippen LogP contribution >= 0.6 is 27.3 Å². The van der Waals surface area contributed by atoms with E-state index in [0.29, 0.717) is 40.5 Å². The Morgan fingerprint density at radius 1 is 0.812 bits per heavy atom. The van der Waals surface area contributed by atoms with Gasteiger partial charge in [-0.15, -0.1) is 11.3 Å². The van der Waals surface area contributed by atoms with Crippen molar-refractivity contribution in [1.29, 1.82) is 10.8 Å². The second kappa shape index (κ2) is 16.5. The summed E-state index contributed by atoms with van der Waals surface area (Å²) in [7, 11) is 3.80. The molecule has 0 unspecified atom stereocenters. The van der Waals surface area contributed by atoms with Crippen LogP contribution in [0.4, 0.5) is 22.7 Å². The molecule has 5 heterocycles. The van der Waals surface area contributed by atoms with E-state index < -0.39 is 0 Å². The molecular formula is C33H44BrN13S. The summed E-state index contributed by atoms with van der Waals surface area (Å²) >= 11 is 4.96. The van der Waals surface area contributed by atoms with Gasteiger partial charge >= 0.3 is 0 Å². The molecule has 5 rings (SSSR count). The Kier molecular flexibility index (Phi) is 12.4. The van der Waals surface area contributed by atoms with Crippen LogP contribution in [0.5, 0.6) is 0 Å². The third-order valence-electron chi connectivity index (χ3n) is 6.72. The fourth-order valence-electron chi connectivity index (χ4n) is 4.73. The highest BCUT2D eigenvalue weighted by Crippen LogP contribution is 2.33. The third kappa shape index (κ3) is 9.94. The molecule has 0 atom stereocenters. The highest BCUT2D eigenvalue weighted by molar-refractivity contribution is 9.10. The molecule has 0 saturated carbocycles. The number of aromatic nitrogens is 7. The first kappa shape index (κ1) is 36.2. The minimum Gasteiger partial charge on any atom is -0.379 e. The smallest absolute Gasteiger partial charge is 0.141 e. The van der Waals surface area contributed by atoms with Crippen molar-refractivity contribution in [3.63, 3.8) is 0 Å². The van der Waals surface area contributed by atoms with Gasteiger partial charge in [0.15, 0.2) is 0 Å². The van der Waals surface area contributed by atoms with Crippen LogP contribution in [-0.2, 0) is 27.2 Å². The van der Waals surface area contributed by atoms with Crippen molar-refractivity contribution in [2.24, 2.45) is 14.1 Å². The van der Waals surface area contributed by atoms with Crippen molar-refractivity contribution in [2.75, 3.05) is 21.3 Å². The Labute approximate surface area is 294 Å². The molecule has 0 aliphatic carbocycles. The number of nitrogens with zero attached hydrogens (tertiary/aromatic N) is 7. The predicted octanol–water partition coefficient (Wildman–Crippen LogP) is 7.16. The van der Waals surface area contributed by atoms with E-state index >= 15 is 0 Å². The zero-order valence-corrected chi connectivity index (χ0v) is 31.0. The maximum absolute atomic E-state index is 8.18. The van der Waals surface area contributed by atoms with Gasteiger partial charge in [0, 0.05) is 74.4 Å². The first-order valence-corrected chi connectivity index (χ1v) is 17.2. The van der Waals surface area contributed by atoms with E-state index in [-0.39, 0.29) is 12.1 Å². The Balaban J connectivity index is 0.000000220. The lowest BCUT2D eigenvalue weighted by atomic mass is 10.1. The lowest BCUT2D eigenvalue weighted by molar-refractivity contribution is 0.767. The molecule has 5 aromatic heterocycles. The number of hydrogen-bond donors (Lipinski definition) is 6. The number of hydrogen-bond acceptors (Lipinski definition) is 12. The normalized spacial score (nSPS) is 10.9. The molecule has 0 amide bonds. The first-order valence-electron chi connectivity index (χ1n) is 15.5. The number of pyridine rings is 2. The summed E-state index contributed by atoms with van der Waals surface area (Å²) in [6.07, 6.45) is 9.40. The van der Waals surface area contributed by atoms with Crippen LogP contribution in [0.15, 0.2) is 53.1 Å². The summed E-state index contributed by atoms with van der Waals surface area (Å²) in [5, 5.41) is 41.0. The zero-order chi connectivity index (χ0) is 35.0. The first-order chi connectivity index (χ1) is 22.8. The van der Waals surface area contributed by atoms with E-state index in [1.165, 1.54) is 11.3 Å². The summed E-state index contributed by atoms with van der Waals surface area (Å²) in [6.45, 7) is 13.1. The van der Waals surface area contributed by atoms with Gasteiger partial charge in [-0.1, -0.05) is 0 Å². The Bertz CT molecular complexity index is 1840. The largest absolute Gasteiger partial charge is 0.379 e. The molecule has 0 aliphatic rings. The fraction of sp³-hybridized carbons (Fsp3) is 0.364. The molecule has 5 aromatic rings. The summed E-state index contributed by atoms with van der Waals surface area (Å²) in [5.41, 5.74) is 8.60. The van der Waals surface area contributed by atoms with Crippen molar-refractivity contribution in [3.05, 3.63) is 75.6 Å². The van der Waals surface area contributed by atoms with Gasteiger partial charge in [0.1, 0.15) is 26.7 Å². The molecule has 15 heteroatoms. The predicted molar refractivity (Wildman–Crippen MR) is 201 cm³/mol. The second-order valence-corrected chi connectivity index (χ2v) is 13.6. The van der Waals surface area contributed by atoms with Crippen LogP contribution < -0.4 is 21.3 Å². The van der Waals surface area contributed by atoms with Crippen LogP contribution in [0.2, 0.25) is 0 Å². The SMILES string of the molecule is CC(=N)c1nc(-c2nccs2)cc(NCc2cnn(C)c2)c1NC(C)C.CC(=N)c1nc(Br)cc(NCc2cnn(C)c2)c1NC(C)C. The van der Waals surface area contributed by atoms with E-state index in [2.05, 4.69) is 85.1 Å². The van der Waals surface area contributed by atoms with Crippen LogP contribution in [0, 0.1) is 10.8 Å². The summed E-state index contributed by atoms with van der Waals surface area (Å²) in [4.78, 5) is 13.5. The molecule has 0 aliphatic heterocycles. The molecule has 13 nitrogen and oxygen atoms in total. The lowest BCUT2D eigenvalue weighted by Crippen LogP contribution is -2.17. The van der Waals surface area contributed by atoms with Crippen LogP contribution in [0.25, 0.3) is 10.7 Å². The molecule has 6 N–H and O–H groups in total. The number of aryl methyl sites for hydroxylation is 2. The van der Waals surface area contributed by atoms with Crippen molar-refractivity contribution in [1.82, 2.24) is 34.5 Å². The summed E-state index contributed by atoms with van der Waals surface area (Å²) in [5.74, 6) is 0. The van der Waals surface area contributed by atoms with Gasteiger partial charge in [-0.05, 0) is 69.6 Å². The second-order valence-electron chi connectivity index (χ2n) is 11.9. The van der Waals surface area contributed by atoms with E-state index in [4.69, 9.17) is 15.8 Å². The molecule has 0 saturated heterocycles. The van der Waals surface area contributed by atoms with E-state index in [0.717, 1.165) is 44.6 Å². The molecule has 0 bridgehead atoms. The maximum atomic E-state index is 8.18. The van der Waals surface area contributed by atoms with Crippen molar-refractivity contribution in [2.45, 2.75) is 66.7 Å². The van der Waals surface area contributed by atoms with Crippen molar-refractivity contribution < 1.29 is 0 Å². The van der Waals surface area contributed by atoms with Crippen molar-refractivity contribution >= 4 is 61.4 Å². The molecule has 0 radical (unpaired) electrons. The lowest BCUT2D eigenvalue weighted by Gasteiger charge is -2.20. The minimum atomic E-state index is 0.222. The third-order valence-corrected chi connectivity index (χ3v) is 7.92. The zero-order valence-electron chi connectivity index (χ0n) is 28.6. The Hall–Kier alpha value is -4.63. The van der Waals surface area contributed by atoms with Crippen LogP contribution in [0.3, 0.4) is 0 Å². The number of halogens is 1. The summed E-state index contributed by atoms with van der Waals surface area (Å²) in [6, 6.07) is 4.39. The molecule has 0 fully saturated rings. The molecule has 0 aromatic carbocycles. The molecular weight excluding hydrogens is 690 g/mol. The topological polar surface area (TPSA) is 170 Å². The Morgan fingerprint density at radius 2 is 1.31 bits per heavy atom. The molecule has 254 valence electrons. The van der Waals surface area contributed by atoms with Gasteiger partial charge in [-0.25, -0.2) is 15.0 Å².